The molecule has 0 bridgehead atoms. The third-order valence-corrected chi connectivity index (χ3v) is 8.27. The predicted molar refractivity (Wildman–Crippen MR) is 119 cm³/mol. The number of nitrogen functional groups attached to an aromatic ring is 1. The van der Waals surface area contributed by atoms with E-state index in [1.165, 1.54) is 40.7 Å². The molecule has 156 valence electrons. The van der Waals surface area contributed by atoms with Crippen LogP contribution in [0.4, 0.5) is 5.13 Å². The first-order valence-corrected chi connectivity index (χ1v) is 11.6. The van der Waals surface area contributed by atoms with E-state index >= 15 is 0 Å². The molecule has 5 heteroatoms. The zero-order valence-electron chi connectivity index (χ0n) is 18.2. The van der Waals surface area contributed by atoms with Gasteiger partial charge in [-0.25, -0.2) is 4.98 Å². The number of carbonyl (C=O) groups is 1. The quantitative estimate of drug-likeness (QED) is 0.657. The molecule has 1 aromatic heterocycles. The van der Waals surface area contributed by atoms with Crippen LogP contribution in [0.15, 0.2) is 17.5 Å². The molecule has 0 aliphatic heterocycles. The summed E-state index contributed by atoms with van der Waals surface area (Å²) in [6.45, 7) is 8.97. The number of nitrogens with zero attached hydrogens (tertiary/aromatic N) is 1. The smallest absolute Gasteiger partial charge is 0.311 e. The van der Waals surface area contributed by atoms with Crippen molar-refractivity contribution >= 4 is 22.4 Å². The highest BCUT2D eigenvalue weighted by Crippen LogP contribution is 2.58. The second-order valence-electron chi connectivity index (χ2n) is 9.59. The summed E-state index contributed by atoms with van der Waals surface area (Å²) in [5, 5.41) is 2.66. The Balaban J connectivity index is 1.89. The third kappa shape index (κ3) is 3.09. The van der Waals surface area contributed by atoms with Crippen LogP contribution in [0.2, 0.25) is 0 Å². The fourth-order valence-corrected chi connectivity index (χ4v) is 6.69. The van der Waals surface area contributed by atoms with Crippen LogP contribution < -0.4 is 5.73 Å². The van der Waals surface area contributed by atoms with Crippen molar-refractivity contribution in [2.75, 3.05) is 12.8 Å². The van der Waals surface area contributed by atoms with E-state index in [0.717, 1.165) is 37.8 Å². The van der Waals surface area contributed by atoms with Crippen LogP contribution in [-0.2, 0) is 21.4 Å². The largest absolute Gasteiger partial charge is 0.469 e. The number of thiazole rings is 1. The molecule has 2 aliphatic rings. The molecule has 0 spiro atoms. The van der Waals surface area contributed by atoms with Crippen LogP contribution >= 0.6 is 11.3 Å². The number of aryl methyl sites for hydroxylation is 1. The molecule has 1 saturated carbocycles. The van der Waals surface area contributed by atoms with Crippen molar-refractivity contribution in [3.8, 4) is 11.3 Å². The first-order valence-electron chi connectivity index (χ1n) is 10.7. The lowest BCUT2D eigenvalue weighted by molar-refractivity contribution is -0.161. The molecule has 0 unspecified atom stereocenters. The summed E-state index contributed by atoms with van der Waals surface area (Å²) in [5.41, 5.74) is 11.8. The van der Waals surface area contributed by atoms with Crippen LogP contribution in [-0.4, -0.2) is 18.1 Å². The lowest BCUT2D eigenvalue weighted by Gasteiger charge is -2.54. The molecule has 29 heavy (non-hydrogen) atoms. The normalized spacial score (nSPS) is 28.7. The number of methoxy groups -OCH3 is 1. The Bertz CT molecular complexity index is 950. The number of nitrogens with two attached hydrogens (primary N) is 1. The molecule has 0 radical (unpaired) electrons. The number of hydrogen-bond acceptors (Lipinski definition) is 5. The zero-order chi connectivity index (χ0) is 21.0. The van der Waals surface area contributed by atoms with Gasteiger partial charge in [-0.05, 0) is 72.6 Å². The second-order valence-corrected chi connectivity index (χ2v) is 10.5. The molecule has 0 saturated heterocycles. The van der Waals surface area contributed by atoms with E-state index in [9.17, 15) is 4.79 Å². The van der Waals surface area contributed by atoms with E-state index in [2.05, 4.69) is 50.2 Å². The minimum atomic E-state index is -0.415. The summed E-state index contributed by atoms with van der Waals surface area (Å²) in [4.78, 5) is 17.4. The highest BCUT2D eigenvalue weighted by Gasteiger charge is 2.55. The molecule has 2 aromatic rings. The van der Waals surface area contributed by atoms with Crippen LogP contribution in [0.3, 0.4) is 0 Å². The number of rotatable bonds is 3. The topological polar surface area (TPSA) is 65.2 Å². The van der Waals surface area contributed by atoms with Gasteiger partial charge >= 0.3 is 5.97 Å². The van der Waals surface area contributed by atoms with E-state index in [0.29, 0.717) is 17.0 Å². The maximum absolute atomic E-state index is 12.8. The third-order valence-electron chi connectivity index (χ3n) is 7.60. The summed E-state index contributed by atoms with van der Waals surface area (Å²) in [6, 6.07) is 4.77. The van der Waals surface area contributed by atoms with Gasteiger partial charge in [-0.2, -0.15) is 0 Å². The van der Waals surface area contributed by atoms with Crippen molar-refractivity contribution in [3.63, 3.8) is 0 Å². The van der Waals surface area contributed by atoms with Gasteiger partial charge in [0, 0.05) is 10.9 Å². The van der Waals surface area contributed by atoms with E-state index in [1.54, 1.807) is 0 Å². The molecule has 2 aliphatic carbocycles. The van der Waals surface area contributed by atoms with Crippen LogP contribution in [0.1, 0.15) is 76.0 Å². The maximum Gasteiger partial charge on any atom is 0.311 e. The van der Waals surface area contributed by atoms with Gasteiger partial charge in [-0.1, -0.05) is 33.3 Å². The summed E-state index contributed by atoms with van der Waals surface area (Å²) in [6.07, 6.45) is 5.12. The monoisotopic (exact) mass is 412 g/mol. The average Bonchev–Trinajstić information content (AvgIpc) is 3.12. The van der Waals surface area contributed by atoms with E-state index in [-0.39, 0.29) is 11.4 Å². The lowest BCUT2D eigenvalue weighted by atomic mass is 9.49. The van der Waals surface area contributed by atoms with Crippen LogP contribution in [0.5, 0.6) is 0 Å². The molecule has 1 fully saturated rings. The average molecular weight is 413 g/mol. The van der Waals surface area contributed by atoms with Crippen molar-refractivity contribution in [3.05, 3.63) is 34.2 Å². The first kappa shape index (κ1) is 20.4. The van der Waals surface area contributed by atoms with Gasteiger partial charge < -0.3 is 10.5 Å². The number of benzene rings is 1. The van der Waals surface area contributed by atoms with Gasteiger partial charge in [0.05, 0.1) is 18.2 Å². The van der Waals surface area contributed by atoms with Gasteiger partial charge in [0.1, 0.15) is 0 Å². The number of anilines is 1. The standard InChI is InChI=1S/C24H32N2O2S/c1-14(2)16-11-15-7-8-20-23(3,9-6-10-24(20,4)21(27)28-5)18(15)12-17(16)19-13-29-22(25)26-19/h11-14,20H,6-10H2,1-5H3,(H2,25,26)/t20-,23-,24-/m1/s1. The molecule has 4 rings (SSSR count). The van der Waals surface area contributed by atoms with Gasteiger partial charge in [-0.15, -0.1) is 11.3 Å². The SMILES string of the molecule is COC(=O)[C@]1(C)CCC[C@]2(C)c3cc(-c4csc(N)n4)c(C(C)C)cc3CC[C@@H]12. The zero-order valence-corrected chi connectivity index (χ0v) is 19.0. The lowest BCUT2D eigenvalue weighted by Crippen LogP contribution is -2.52. The fourth-order valence-electron chi connectivity index (χ4n) is 6.12. The molecule has 3 atom stereocenters. The minimum absolute atomic E-state index is 0.0272. The molecule has 4 nitrogen and oxygen atoms in total. The fraction of sp³-hybridized carbons (Fsp3) is 0.583. The molecule has 1 aromatic carbocycles. The first-order chi connectivity index (χ1) is 13.7. The summed E-state index contributed by atoms with van der Waals surface area (Å²) in [5.74, 6) is 0.653. The Morgan fingerprint density at radius 3 is 2.69 bits per heavy atom. The van der Waals surface area contributed by atoms with Crippen molar-refractivity contribution in [1.29, 1.82) is 0 Å². The Morgan fingerprint density at radius 1 is 1.31 bits per heavy atom. The summed E-state index contributed by atoms with van der Waals surface area (Å²) in [7, 11) is 1.52. The molecule has 2 N–H and O–H groups in total. The second kappa shape index (κ2) is 7.12. The number of esters is 1. The summed E-state index contributed by atoms with van der Waals surface area (Å²) >= 11 is 1.49. The van der Waals surface area contributed by atoms with Gasteiger partial charge in [0.2, 0.25) is 0 Å². The van der Waals surface area contributed by atoms with Crippen molar-refractivity contribution in [2.45, 2.75) is 71.1 Å². The van der Waals surface area contributed by atoms with E-state index in [4.69, 9.17) is 10.5 Å². The Morgan fingerprint density at radius 2 is 2.07 bits per heavy atom. The summed E-state index contributed by atoms with van der Waals surface area (Å²) < 4.78 is 5.26. The van der Waals surface area contributed by atoms with Crippen molar-refractivity contribution in [2.24, 2.45) is 11.3 Å². The van der Waals surface area contributed by atoms with E-state index in [1.807, 2.05) is 0 Å². The molecular formula is C24H32N2O2S. The van der Waals surface area contributed by atoms with Crippen molar-refractivity contribution in [1.82, 2.24) is 4.98 Å². The Kier molecular flexibility index (Phi) is 5.01. The van der Waals surface area contributed by atoms with Gasteiger partial charge in [0.25, 0.3) is 0 Å². The molecular weight excluding hydrogens is 380 g/mol. The number of aromatic nitrogens is 1. The number of hydrogen-bond donors (Lipinski definition) is 1. The van der Waals surface area contributed by atoms with Gasteiger partial charge in [-0.3, -0.25) is 4.79 Å². The van der Waals surface area contributed by atoms with E-state index < -0.39 is 5.41 Å². The van der Waals surface area contributed by atoms with Crippen molar-refractivity contribution < 1.29 is 9.53 Å². The highest BCUT2D eigenvalue weighted by molar-refractivity contribution is 7.13. The highest BCUT2D eigenvalue weighted by atomic mass is 32.1. The van der Waals surface area contributed by atoms with Gasteiger partial charge in [0.15, 0.2) is 5.13 Å². The van der Waals surface area contributed by atoms with Crippen LogP contribution in [0.25, 0.3) is 11.3 Å². The number of carbonyl (C=O) groups excluding carboxylic acids is 1. The predicted octanol–water partition coefficient (Wildman–Crippen LogP) is 5.70. The Labute approximate surface area is 177 Å². The molecule has 0 amide bonds. The maximum atomic E-state index is 12.8. The van der Waals surface area contributed by atoms with Crippen LogP contribution in [0, 0.1) is 11.3 Å². The molecule has 1 heterocycles. The minimum Gasteiger partial charge on any atom is -0.469 e. The number of ether oxygens (including phenoxy) is 1. The number of fused-ring (bicyclic) bond motifs is 3. The Hall–Kier alpha value is -1.88.